The Balaban J connectivity index is 1.23. The Labute approximate surface area is 241 Å². The molecule has 3 heterocycles. The summed E-state index contributed by atoms with van der Waals surface area (Å²) in [7, 11) is 0. The van der Waals surface area contributed by atoms with Crippen LogP contribution >= 0.6 is 0 Å². The van der Waals surface area contributed by atoms with Gasteiger partial charge < -0.3 is 15.8 Å². The van der Waals surface area contributed by atoms with Gasteiger partial charge in [-0.15, -0.1) is 0 Å². The number of fused-ring (bicyclic) bond motifs is 3. The molecular weight excluding hydrogens is 528 g/mol. The van der Waals surface area contributed by atoms with Crippen molar-refractivity contribution in [2.75, 3.05) is 17.2 Å². The number of benzene rings is 4. The van der Waals surface area contributed by atoms with Crippen molar-refractivity contribution in [1.29, 1.82) is 0 Å². The third kappa shape index (κ3) is 4.81. The van der Waals surface area contributed by atoms with Gasteiger partial charge in [0.05, 0.1) is 22.4 Å². The first-order chi connectivity index (χ1) is 20.6. The van der Waals surface area contributed by atoms with Crippen molar-refractivity contribution < 1.29 is 9.53 Å². The zero-order chi connectivity index (χ0) is 28.5. The van der Waals surface area contributed by atoms with E-state index in [0.717, 1.165) is 39.2 Å². The summed E-state index contributed by atoms with van der Waals surface area (Å²) in [6.07, 6.45) is 1.48. The van der Waals surface area contributed by atoms with Crippen LogP contribution in [0.3, 0.4) is 0 Å². The Hall–Kier alpha value is -5.90. The lowest BCUT2D eigenvalue weighted by molar-refractivity contribution is -0.118. The maximum absolute atomic E-state index is 12.3. The van der Waals surface area contributed by atoms with E-state index < -0.39 is 6.17 Å². The van der Waals surface area contributed by atoms with Crippen LogP contribution in [0.5, 0.6) is 5.75 Å². The van der Waals surface area contributed by atoms with Gasteiger partial charge >= 0.3 is 0 Å². The van der Waals surface area contributed by atoms with Crippen LogP contribution in [-0.2, 0) is 4.79 Å². The van der Waals surface area contributed by atoms with Crippen molar-refractivity contribution in [3.05, 3.63) is 121 Å². The minimum atomic E-state index is -0.501. The number of imidazole rings is 1. The fraction of sp³-hybridized carbons (Fsp3) is 0.0625. The van der Waals surface area contributed by atoms with Crippen molar-refractivity contribution in [3.63, 3.8) is 0 Å². The molecule has 0 radical (unpaired) electrons. The van der Waals surface area contributed by atoms with Crippen molar-refractivity contribution in [2.45, 2.75) is 6.17 Å². The molecule has 1 atom stereocenters. The number of guanidine groups is 1. The molecule has 0 aliphatic carbocycles. The van der Waals surface area contributed by atoms with Crippen molar-refractivity contribution in [2.24, 2.45) is 10.7 Å². The minimum Gasteiger partial charge on any atom is -0.484 e. The second-order valence-corrected chi connectivity index (χ2v) is 9.75. The molecule has 0 bridgehead atoms. The molecule has 7 rings (SSSR count). The summed E-state index contributed by atoms with van der Waals surface area (Å²) in [4.78, 5) is 21.9. The number of ether oxygens (including phenoxy) is 1. The first kappa shape index (κ1) is 25.1. The van der Waals surface area contributed by atoms with E-state index in [1.165, 1.54) is 0 Å². The van der Waals surface area contributed by atoms with Gasteiger partial charge in [-0.1, -0.05) is 48.5 Å². The van der Waals surface area contributed by atoms with Gasteiger partial charge in [-0.2, -0.15) is 5.10 Å². The molecule has 10 nitrogen and oxygen atoms in total. The van der Waals surface area contributed by atoms with Crippen LogP contribution in [0.25, 0.3) is 28.0 Å². The summed E-state index contributed by atoms with van der Waals surface area (Å²) in [5, 5.41) is 10.9. The monoisotopic (exact) mass is 554 g/mol. The zero-order valence-corrected chi connectivity index (χ0v) is 22.4. The fourth-order valence-electron chi connectivity index (χ4n) is 5.02. The Morgan fingerprint density at radius 3 is 2.40 bits per heavy atom. The van der Waals surface area contributed by atoms with E-state index in [9.17, 15) is 4.79 Å². The van der Waals surface area contributed by atoms with Crippen LogP contribution in [0.1, 0.15) is 11.7 Å². The van der Waals surface area contributed by atoms with E-state index in [1.54, 1.807) is 0 Å². The summed E-state index contributed by atoms with van der Waals surface area (Å²) < 4.78 is 9.63. The van der Waals surface area contributed by atoms with Gasteiger partial charge in [-0.25, -0.2) is 14.7 Å². The topological polar surface area (TPSA) is 124 Å². The van der Waals surface area contributed by atoms with Crippen LogP contribution in [0.4, 0.5) is 11.6 Å². The van der Waals surface area contributed by atoms with E-state index in [2.05, 4.69) is 10.6 Å². The maximum Gasteiger partial charge on any atom is 0.262 e. The number of para-hydroxylation sites is 4. The SMILES string of the molecule is NC1=NC(c2cn(-c3ccccc3)nc2-c2ccc(OCC(=O)Nc3ccccc3)cc2)n2c(nc3ccccc32)N1. The van der Waals surface area contributed by atoms with Crippen LogP contribution in [0.2, 0.25) is 0 Å². The number of nitrogens with one attached hydrogen (secondary N) is 2. The number of hydrogen-bond acceptors (Lipinski definition) is 7. The van der Waals surface area contributed by atoms with Gasteiger partial charge in [0, 0.05) is 23.0 Å². The third-order valence-electron chi connectivity index (χ3n) is 6.94. The number of carbonyl (C=O) groups is 1. The number of hydrogen-bond donors (Lipinski definition) is 3. The number of anilines is 2. The maximum atomic E-state index is 12.3. The predicted octanol–water partition coefficient (Wildman–Crippen LogP) is 5.19. The molecule has 42 heavy (non-hydrogen) atoms. The van der Waals surface area contributed by atoms with Crippen molar-refractivity contribution in [3.8, 4) is 22.7 Å². The second-order valence-electron chi connectivity index (χ2n) is 9.75. The van der Waals surface area contributed by atoms with Gasteiger partial charge in [0.15, 0.2) is 18.7 Å². The molecule has 4 N–H and O–H groups in total. The van der Waals surface area contributed by atoms with E-state index in [0.29, 0.717) is 11.7 Å². The van der Waals surface area contributed by atoms with E-state index in [4.69, 9.17) is 25.5 Å². The molecule has 0 fully saturated rings. The summed E-state index contributed by atoms with van der Waals surface area (Å²) in [5.74, 6) is 1.22. The normalized spacial score (nSPS) is 14.1. The van der Waals surface area contributed by atoms with Crippen LogP contribution in [0, 0.1) is 0 Å². The molecular formula is C32H26N8O2. The van der Waals surface area contributed by atoms with Crippen LogP contribution in [-0.4, -0.2) is 37.8 Å². The first-order valence-corrected chi connectivity index (χ1v) is 13.4. The van der Waals surface area contributed by atoms with E-state index in [1.807, 2.05) is 125 Å². The molecule has 1 aliphatic rings. The highest BCUT2D eigenvalue weighted by Crippen LogP contribution is 2.37. The molecule has 0 saturated carbocycles. The standard InChI is InChI=1S/C32H26N8O2/c33-31-36-30(40-27-14-8-7-13-26(27)35-32(40)37-31)25-19-39(23-11-5-2-6-12-23)38-29(25)21-15-17-24(18-16-21)42-20-28(41)34-22-9-3-1-4-10-22/h1-19,30H,20H2,(H,34,41)(H3,33,35,36,37). The zero-order valence-electron chi connectivity index (χ0n) is 22.4. The molecule has 1 aliphatic heterocycles. The lowest BCUT2D eigenvalue weighted by atomic mass is 10.1. The minimum absolute atomic E-state index is 0.109. The summed E-state index contributed by atoms with van der Waals surface area (Å²) in [6.45, 7) is -0.109. The Morgan fingerprint density at radius 1 is 0.905 bits per heavy atom. The average molecular weight is 555 g/mol. The Kier molecular flexibility index (Phi) is 6.32. The van der Waals surface area contributed by atoms with Gasteiger partial charge in [0.1, 0.15) is 5.75 Å². The Bertz CT molecular complexity index is 1910. The number of rotatable bonds is 7. The quantitative estimate of drug-likeness (QED) is 0.249. The largest absolute Gasteiger partial charge is 0.484 e. The molecule has 4 aromatic carbocycles. The number of nitrogens with zero attached hydrogens (tertiary/aromatic N) is 5. The van der Waals surface area contributed by atoms with Gasteiger partial charge in [-0.05, 0) is 60.7 Å². The number of aliphatic imine (C=N–C) groups is 1. The van der Waals surface area contributed by atoms with Gasteiger partial charge in [0.2, 0.25) is 5.95 Å². The smallest absolute Gasteiger partial charge is 0.262 e. The summed E-state index contributed by atoms with van der Waals surface area (Å²) in [5.41, 5.74) is 12.1. The number of nitrogens with two attached hydrogens (primary N) is 1. The van der Waals surface area contributed by atoms with Crippen molar-refractivity contribution >= 4 is 34.5 Å². The van der Waals surface area contributed by atoms with E-state index >= 15 is 0 Å². The highest BCUT2D eigenvalue weighted by Gasteiger charge is 2.29. The first-order valence-electron chi connectivity index (χ1n) is 13.4. The van der Waals surface area contributed by atoms with E-state index in [-0.39, 0.29) is 18.5 Å². The number of carbonyl (C=O) groups excluding carboxylic acids is 1. The fourth-order valence-corrected chi connectivity index (χ4v) is 5.02. The molecule has 10 heteroatoms. The molecule has 1 unspecified atom stereocenters. The highest BCUT2D eigenvalue weighted by molar-refractivity contribution is 5.95. The Morgan fingerprint density at radius 2 is 1.62 bits per heavy atom. The molecule has 206 valence electrons. The van der Waals surface area contributed by atoms with Gasteiger partial charge in [0.25, 0.3) is 5.91 Å². The molecule has 2 aromatic heterocycles. The molecule has 6 aromatic rings. The molecule has 0 saturated heterocycles. The van der Waals surface area contributed by atoms with Crippen LogP contribution in [0.15, 0.2) is 120 Å². The lowest BCUT2D eigenvalue weighted by Crippen LogP contribution is -2.31. The lowest BCUT2D eigenvalue weighted by Gasteiger charge is -2.23. The summed E-state index contributed by atoms with van der Waals surface area (Å²) >= 11 is 0. The van der Waals surface area contributed by atoms with Crippen LogP contribution < -0.4 is 21.1 Å². The number of amides is 1. The van der Waals surface area contributed by atoms with Crippen molar-refractivity contribution in [1.82, 2.24) is 19.3 Å². The third-order valence-corrected chi connectivity index (χ3v) is 6.94. The highest BCUT2D eigenvalue weighted by atomic mass is 16.5. The predicted molar refractivity (Wildman–Crippen MR) is 163 cm³/mol. The van der Waals surface area contributed by atoms with Gasteiger partial charge in [-0.3, -0.25) is 14.7 Å². The second kappa shape index (κ2) is 10.6. The number of aromatic nitrogens is 4. The average Bonchev–Trinajstić information content (AvgIpc) is 3.63. The summed E-state index contributed by atoms with van der Waals surface area (Å²) in [6, 6.07) is 34.6. The molecule has 0 spiro atoms. The molecule has 1 amide bonds.